The number of halogens is 1. The van der Waals surface area contributed by atoms with Gasteiger partial charge in [0, 0.05) is 11.6 Å². The molecular weight excluding hydrogens is 240 g/mol. The van der Waals surface area contributed by atoms with E-state index >= 15 is 0 Å². The largest absolute Gasteiger partial charge is 0.496 e. The molecular formula is C12H11ClN2O2. The Kier molecular flexibility index (Phi) is 3.44. The molecule has 0 atom stereocenters. The number of hydrogen-bond donors (Lipinski definition) is 0. The maximum atomic E-state index is 11.6. The normalized spacial score (nSPS) is 10.2. The summed E-state index contributed by atoms with van der Waals surface area (Å²) in [6.07, 6.45) is 1.43. The Morgan fingerprint density at radius 3 is 2.88 bits per heavy atom. The molecule has 0 fully saturated rings. The van der Waals surface area contributed by atoms with Crippen molar-refractivity contribution in [1.29, 1.82) is 0 Å². The monoisotopic (exact) mass is 250 g/mol. The molecule has 1 aromatic heterocycles. The van der Waals surface area contributed by atoms with Gasteiger partial charge in [0.15, 0.2) is 0 Å². The van der Waals surface area contributed by atoms with Crippen molar-refractivity contribution in [3.8, 4) is 5.75 Å². The zero-order valence-corrected chi connectivity index (χ0v) is 10.0. The lowest BCUT2D eigenvalue weighted by molar-refractivity contribution is 0.408. The lowest BCUT2D eigenvalue weighted by Gasteiger charge is -2.09. The summed E-state index contributed by atoms with van der Waals surface area (Å²) in [5, 5.41) is 0.200. The van der Waals surface area contributed by atoms with Gasteiger partial charge in [-0.2, -0.15) is 0 Å². The molecule has 1 heterocycles. The lowest BCUT2D eigenvalue weighted by Crippen LogP contribution is -2.20. The summed E-state index contributed by atoms with van der Waals surface area (Å²) < 4.78 is 6.70. The molecule has 1 aromatic carbocycles. The Morgan fingerprint density at radius 2 is 2.18 bits per heavy atom. The zero-order chi connectivity index (χ0) is 12.3. The molecule has 88 valence electrons. The number of ether oxygens (including phenoxy) is 1. The van der Waals surface area contributed by atoms with Crippen molar-refractivity contribution >= 4 is 11.6 Å². The summed E-state index contributed by atoms with van der Waals surface area (Å²) in [4.78, 5) is 15.5. The maximum absolute atomic E-state index is 11.6. The van der Waals surface area contributed by atoms with E-state index < -0.39 is 0 Å². The molecule has 0 aliphatic rings. The minimum atomic E-state index is -0.184. The van der Waals surface area contributed by atoms with Crippen molar-refractivity contribution < 1.29 is 4.74 Å². The molecule has 0 radical (unpaired) electrons. The van der Waals surface area contributed by atoms with Crippen LogP contribution in [0.15, 0.2) is 41.5 Å². The smallest absolute Gasteiger partial charge is 0.255 e. The summed E-state index contributed by atoms with van der Waals surface area (Å²) in [7, 11) is 1.60. The van der Waals surface area contributed by atoms with Crippen molar-refractivity contribution in [2.75, 3.05) is 7.11 Å². The Bertz CT molecular complexity index is 581. The van der Waals surface area contributed by atoms with Gasteiger partial charge in [-0.3, -0.25) is 9.36 Å². The number of hydrogen-bond acceptors (Lipinski definition) is 3. The first-order valence-electron chi connectivity index (χ1n) is 5.04. The number of methoxy groups -OCH3 is 1. The average Bonchev–Trinajstić information content (AvgIpc) is 2.33. The van der Waals surface area contributed by atoms with E-state index in [0.29, 0.717) is 6.54 Å². The standard InChI is InChI=1S/C12H11ClN2O2/c1-17-10-5-3-2-4-9(10)7-15-8-14-11(13)6-12(15)16/h2-6,8H,7H2,1H3. The predicted molar refractivity (Wildman–Crippen MR) is 65.6 cm³/mol. The highest BCUT2D eigenvalue weighted by molar-refractivity contribution is 6.29. The molecule has 0 aliphatic carbocycles. The van der Waals surface area contributed by atoms with Gasteiger partial charge in [-0.05, 0) is 6.07 Å². The van der Waals surface area contributed by atoms with Gasteiger partial charge in [0.2, 0.25) is 0 Å². The SMILES string of the molecule is COc1ccccc1Cn1cnc(Cl)cc1=O. The predicted octanol–water partition coefficient (Wildman–Crippen LogP) is 1.95. The summed E-state index contributed by atoms with van der Waals surface area (Å²) in [6.45, 7) is 0.410. The second-order valence-electron chi connectivity index (χ2n) is 3.49. The second kappa shape index (κ2) is 5.01. The molecule has 4 nitrogen and oxygen atoms in total. The molecule has 0 unspecified atom stereocenters. The van der Waals surface area contributed by atoms with Gasteiger partial charge in [0.1, 0.15) is 10.9 Å². The number of aromatic nitrogens is 2. The fourth-order valence-corrected chi connectivity index (χ4v) is 1.68. The fourth-order valence-electron chi connectivity index (χ4n) is 1.54. The van der Waals surface area contributed by atoms with Crippen molar-refractivity contribution in [3.63, 3.8) is 0 Å². The molecule has 0 bridgehead atoms. The number of para-hydroxylation sites is 1. The lowest BCUT2D eigenvalue weighted by atomic mass is 10.2. The summed E-state index contributed by atoms with van der Waals surface area (Å²) in [5.41, 5.74) is 0.733. The quantitative estimate of drug-likeness (QED) is 0.782. The molecule has 2 rings (SSSR count). The van der Waals surface area contributed by atoms with Crippen molar-refractivity contribution in [2.45, 2.75) is 6.54 Å². The highest BCUT2D eigenvalue weighted by atomic mass is 35.5. The molecule has 0 spiro atoms. The van der Waals surface area contributed by atoms with E-state index in [4.69, 9.17) is 16.3 Å². The van der Waals surface area contributed by atoms with Crippen molar-refractivity contribution in [3.05, 3.63) is 57.7 Å². The van der Waals surface area contributed by atoms with Crippen LogP contribution in [0.1, 0.15) is 5.56 Å². The van der Waals surface area contributed by atoms with Crippen LogP contribution in [-0.4, -0.2) is 16.7 Å². The summed E-state index contributed by atoms with van der Waals surface area (Å²) in [6, 6.07) is 8.82. The van der Waals surface area contributed by atoms with E-state index in [1.54, 1.807) is 7.11 Å². The number of benzene rings is 1. The van der Waals surface area contributed by atoms with E-state index in [0.717, 1.165) is 11.3 Å². The Morgan fingerprint density at radius 1 is 1.41 bits per heavy atom. The Labute approximate surface area is 103 Å². The van der Waals surface area contributed by atoms with Crippen LogP contribution >= 0.6 is 11.6 Å². The van der Waals surface area contributed by atoms with Gasteiger partial charge >= 0.3 is 0 Å². The van der Waals surface area contributed by atoms with E-state index in [1.807, 2.05) is 24.3 Å². The van der Waals surface area contributed by atoms with Gasteiger partial charge in [-0.25, -0.2) is 4.98 Å². The van der Waals surface area contributed by atoms with Crippen molar-refractivity contribution in [1.82, 2.24) is 9.55 Å². The van der Waals surface area contributed by atoms with Crippen LogP contribution in [0.3, 0.4) is 0 Å². The van der Waals surface area contributed by atoms with E-state index in [2.05, 4.69) is 4.98 Å². The van der Waals surface area contributed by atoms with Gasteiger partial charge in [0.25, 0.3) is 5.56 Å². The molecule has 17 heavy (non-hydrogen) atoms. The van der Waals surface area contributed by atoms with Crippen LogP contribution in [0.2, 0.25) is 5.15 Å². The van der Waals surface area contributed by atoms with Gasteiger partial charge in [0.05, 0.1) is 20.0 Å². The third kappa shape index (κ3) is 2.65. The van der Waals surface area contributed by atoms with Gasteiger partial charge in [-0.15, -0.1) is 0 Å². The minimum absolute atomic E-state index is 0.184. The van der Waals surface area contributed by atoms with E-state index in [-0.39, 0.29) is 10.7 Å². The molecule has 5 heteroatoms. The first kappa shape index (κ1) is 11.7. The Balaban J connectivity index is 2.35. The summed E-state index contributed by atoms with van der Waals surface area (Å²) in [5.74, 6) is 0.745. The van der Waals surface area contributed by atoms with Crippen molar-refractivity contribution in [2.24, 2.45) is 0 Å². The van der Waals surface area contributed by atoms with E-state index in [9.17, 15) is 4.79 Å². The maximum Gasteiger partial charge on any atom is 0.255 e. The van der Waals surface area contributed by atoms with Crippen LogP contribution in [-0.2, 0) is 6.54 Å². The second-order valence-corrected chi connectivity index (χ2v) is 3.88. The van der Waals surface area contributed by atoms with Crippen LogP contribution < -0.4 is 10.3 Å². The molecule has 0 saturated heterocycles. The minimum Gasteiger partial charge on any atom is -0.496 e. The van der Waals surface area contributed by atoms with E-state index in [1.165, 1.54) is 17.0 Å². The van der Waals surface area contributed by atoms with Crippen LogP contribution in [0, 0.1) is 0 Å². The highest BCUT2D eigenvalue weighted by Gasteiger charge is 2.04. The van der Waals surface area contributed by atoms with Gasteiger partial charge in [-0.1, -0.05) is 29.8 Å². The number of rotatable bonds is 3. The van der Waals surface area contributed by atoms with Crippen LogP contribution in [0.25, 0.3) is 0 Å². The third-order valence-electron chi connectivity index (χ3n) is 2.38. The van der Waals surface area contributed by atoms with Gasteiger partial charge < -0.3 is 4.74 Å². The number of nitrogens with zero attached hydrogens (tertiary/aromatic N) is 2. The molecule has 0 amide bonds. The first-order valence-corrected chi connectivity index (χ1v) is 5.42. The fraction of sp³-hybridized carbons (Fsp3) is 0.167. The summed E-state index contributed by atoms with van der Waals surface area (Å²) >= 11 is 5.63. The molecule has 0 N–H and O–H groups in total. The highest BCUT2D eigenvalue weighted by Crippen LogP contribution is 2.17. The molecule has 2 aromatic rings. The molecule has 0 saturated carbocycles. The third-order valence-corrected chi connectivity index (χ3v) is 2.59. The van der Waals surface area contributed by atoms with Crippen LogP contribution in [0.5, 0.6) is 5.75 Å². The van der Waals surface area contributed by atoms with Crippen LogP contribution in [0.4, 0.5) is 0 Å². The molecule has 0 aliphatic heterocycles. The zero-order valence-electron chi connectivity index (χ0n) is 9.26. The topological polar surface area (TPSA) is 44.1 Å². The first-order chi connectivity index (χ1) is 8.20. The average molecular weight is 251 g/mol. The Hall–Kier alpha value is -1.81.